The van der Waals surface area contributed by atoms with Gasteiger partial charge < -0.3 is 20.8 Å². The third-order valence-electron chi connectivity index (χ3n) is 4.23. The number of nitrogens with zero attached hydrogens (tertiary/aromatic N) is 5. The quantitative estimate of drug-likeness (QED) is 0.466. The highest BCUT2D eigenvalue weighted by Crippen LogP contribution is 2.26. The summed E-state index contributed by atoms with van der Waals surface area (Å²) in [7, 11) is 1.70. The van der Waals surface area contributed by atoms with E-state index in [1.54, 1.807) is 13.1 Å². The highest BCUT2D eigenvalue weighted by molar-refractivity contribution is 6.33. The molecule has 0 unspecified atom stereocenters. The molecule has 3 aromatic rings. The number of carboxylic acid groups (broad SMARTS) is 1. The number of carboxylic acids is 1. The molecule has 2 aromatic heterocycles. The van der Waals surface area contributed by atoms with E-state index < -0.39 is 5.97 Å². The van der Waals surface area contributed by atoms with Crippen LogP contribution in [0.1, 0.15) is 24.2 Å². The van der Waals surface area contributed by atoms with E-state index in [2.05, 4.69) is 30.9 Å². The van der Waals surface area contributed by atoms with Crippen LogP contribution >= 0.6 is 11.6 Å². The van der Waals surface area contributed by atoms with Gasteiger partial charge >= 0.3 is 5.97 Å². The monoisotopic (exact) mass is 405 g/mol. The van der Waals surface area contributed by atoms with Gasteiger partial charge in [0.25, 0.3) is 0 Å². The molecule has 0 fully saturated rings. The lowest BCUT2D eigenvalue weighted by Gasteiger charge is -2.20. The van der Waals surface area contributed by atoms with Gasteiger partial charge in [0.15, 0.2) is 17.0 Å². The molecular formula is C17H20ClN7O3. The fourth-order valence-electron chi connectivity index (χ4n) is 2.56. The van der Waals surface area contributed by atoms with Crippen molar-refractivity contribution in [3.8, 4) is 0 Å². The number of rotatable bonds is 7. The Kier molecular flexibility index (Phi) is 5.61. The van der Waals surface area contributed by atoms with Crippen molar-refractivity contribution < 1.29 is 15.0 Å². The van der Waals surface area contributed by atoms with Crippen LogP contribution in [0.15, 0.2) is 18.2 Å². The number of hydrogen-bond donors (Lipinski definition) is 4. The van der Waals surface area contributed by atoms with E-state index in [0.29, 0.717) is 28.6 Å². The van der Waals surface area contributed by atoms with Crippen molar-refractivity contribution in [2.75, 3.05) is 17.2 Å². The number of benzene rings is 1. The van der Waals surface area contributed by atoms with Gasteiger partial charge in [-0.3, -0.25) is 0 Å². The number of anilines is 3. The number of aromatic carboxylic acids is 1. The molecule has 0 saturated heterocycles. The van der Waals surface area contributed by atoms with E-state index in [1.807, 2.05) is 13.8 Å². The second kappa shape index (κ2) is 7.95. The molecule has 0 aliphatic rings. The van der Waals surface area contributed by atoms with E-state index in [-0.39, 0.29) is 29.2 Å². The first-order valence-electron chi connectivity index (χ1n) is 8.54. The topological polar surface area (TPSA) is 138 Å². The van der Waals surface area contributed by atoms with Crippen molar-refractivity contribution in [1.82, 2.24) is 25.0 Å². The number of aliphatic hydroxyl groups excluding tert-OH is 1. The van der Waals surface area contributed by atoms with Crippen LogP contribution in [0, 0.1) is 5.92 Å². The lowest BCUT2D eigenvalue weighted by atomic mass is 10.1. The van der Waals surface area contributed by atoms with E-state index >= 15 is 0 Å². The van der Waals surface area contributed by atoms with Gasteiger partial charge in [-0.1, -0.05) is 30.7 Å². The Morgan fingerprint density at radius 2 is 2.07 bits per heavy atom. The normalized spacial score (nSPS) is 12.4. The van der Waals surface area contributed by atoms with Gasteiger partial charge in [0.05, 0.1) is 23.2 Å². The Morgan fingerprint density at radius 1 is 1.32 bits per heavy atom. The maximum atomic E-state index is 11.3. The number of carbonyl (C=O) groups is 1. The molecule has 0 spiro atoms. The molecule has 1 atom stereocenters. The van der Waals surface area contributed by atoms with Crippen molar-refractivity contribution in [3.05, 3.63) is 28.8 Å². The van der Waals surface area contributed by atoms with E-state index in [4.69, 9.17) is 11.6 Å². The van der Waals surface area contributed by atoms with Crippen LogP contribution in [0.2, 0.25) is 5.02 Å². The van der Waals surface area contributed by atoms with Crippen molar-refractivity contribution in [1.29, 1.82) is 0 Å². The van der Waals surface area contributed by atoms with Gasteiger partial charge in [-0.05, 0) is 24.1 Å². The van der Waals surface area contributed by atoms with Crippen molar-refractivity contribution >= 4 is 46.2 Å². The Labute approximate surface area is 165 Å². The van der Waals surface area contributed by atoms with Crippen LogP contribution in [0.25, 0.3) is 11.2 Å². The van der Waals surface area contributed by atoms with E-state index in [9.17, 15) is 15.0 Å². The number of aromatic nitrogens is 5. The zero-order valence-corrected chi connectivity index (χ0v) is 16.3. The number of aryl methyl sites for hydroxylation is 1. The average molecular weight is 406 g/mol. The molecular weight excluding hydrogens is 386 g/mol. The van der Waals surface area contributed by atoms with Gasteiger partial charge in [-0.25, -0.2) is 9.48 Å². The first-order chi connectivity index (χ1) is 13.3. The lowest BCUT2D eigenvalue weighted by Crippen LogP contribution is -2.30. The molecule has 4 N–H and O–H groups in total. The zero-order chi connectivity index (χ0) is 20.4. The largest absolute Gasteiger partial charge is 0.478 e. The maximum Gasteiger partial charge on any atom is 0.337 e. The summed E-state index contributed by atoms with van der Waals surface area (Å²) in [4.78, 5) is 20.2. The molecule has 0 bridgehead atoms. The van der Waals surface area contributed by atoms with Crippen LogP contribution in [0.4, 0.5) is 17.5 Å². The molecule has 148 valence electrons. The number of hydrogen-bond acceptors (Lipinski definition) is 8. The predicted octanol–water partition coefficient (Wildman–Crippen LogP) is 2.28. The van der Waals surface area contributed by atoms with Crippen molar-refractivity contribution in [2.45, 2.75) is 19.9 Å². The average Bonchev–Trinajstić information content (AvgIpc) is 3.02. The Hall–Kier alpha value is -2.98. The summed E-state index contributed by atoms with van der Waals surface area (Å²) in [6.45, 7) is 3.86. The highest BCUT2D eigenvalue weighted by Gasteiger charge is 2.18. The summed E-state index contributed by atoms with van der Waals surface area (Å²) >= 11 is 5.93. The van der Waals surface area contributed by atoms with Crippen LogP contribution in [-0.4, -0.2) is 53.8 Å². The number of nitrogens with one attached hydrogen (secondary N) is 2. The summed E-state index contributed by atoms with van der Waals surface area (Å²) in [6.07, 6.45) is 0. The summed E-state index contributed by atoms with van der Waals surface area (Å²) in [5.41, 5.74) is 1.34. The molecule has 2 heterocycles. The zero-order valence-electron chi connectivity index (χ0n) is 15.5. The molecule has 0 aliphatic carbocycles. The van der Waals surface area contributed by atoms with E-state index in [0.717, 1.165) is 0 Å². The molecule has 3 rings (SSSR count). The van der Waals surface area contributed by atoms with Crippen molar-refractivity contribution in [2.24, 2.45) is 13.0 Å². The standard InChI is InChI=1S/C17H20ClN7O3/c1-8(2)12(7-26)20-17-21-14(13-15(22-17)25(3)24-23-13)19-9-4-5-11(18)10(6-9)16(27)28/h4-6,8,12,26H,7H2,1-3H3,(H,27,28)(H2,19,20,21,22)/t12-/m0/s1. The molecule has 0 radical (unpaired) electrons. The Balaban J connectivity index is 2.02. The van der Waals surface area contributed by atoms with Crippen LogP contribution in [0.3, 0.4) is 0 Å². The third kappa shape index (κ3) is 3.97. The van der Waals surface area contributed by atoms with Crippen LogP contribution in [-0.2, 0) is 7.05 Å². The second-order valence-corrected chi connectivity index (χ2v) is 6.99. The minimum atomic E-state index is -1.13. The number of halogens is 1. The van der Waals surface area contributed by atoms with Crippen molar-refractivity contribution in [3.63, 3.8) is 0 Å². The highest BCUT2D eigenvalue weighted by atomic mass is 35.5. The number of aliphatic hydroxyl groups is 1. The predicted molar refractivity (Wildman–Crippen MR) is 105 cm³/mol. The molecule has 0 amide bonds. The fourth-order valence-corrected chi connectivity index (χ4v) is 2.76. The van der Waals surface area contributed by atoms with Gasteiger partial charge in [-0.2, -0.15) is 9.97 Å². The van der Waals surface area contributed by atoms with E-state index in [1.165, 1.54) is 16.8 Å². The lowest BCUT2D eigenvalue weighted by molar-refractivity contribution is 0.0697. The molecule has 10 nitrogen and oxygen atoms in total. The van der Waals surface area contributed by atoms with Gasteiger partial charge in [0.1, 0.15) is 0 Å². The Bertz CT molecular complexity index is 1020. The molecule has 28 heavy (non-hydrogen) atoms. The maximum absolute atomic E-state index is 11.3. The summed E-state index contributed by atoms with van der Waals surface area (Å²) < 4.78 is 1.50. The third-order valence-corrected chi connectivity index (χ3v) is 4.56. The summed E-state index contributed by atoms with van der Waals surface area (Å²) in [5, 5.41) is 33.2. The van der Waals surface area contributed by atoms with Crippen LogP contribution in [0.5, 0.6) is 0 Å². The first-order valence-corrected chi connectivity index (χ1v) is 8.92. The fraction of sp³-hybridized carbons (Fsp3) is 0.353. The first kappa shape index (κ1) is 19.8. The molecule has 0 saturated carbocycles. The number of fused-ring (bicyclic) bond motifs is 1. The second-order valence-electron chi connectivity index (χ2n) is 6.58. The summed E-state index contributed by atoms with van der Waals surface area (Å²) in [6, 6.07) is 4.30. The molecule has 11 heteroatoms. The van der Waals surface area contributed by atoms with Crippen LogP contribution < -0.4 is 10.6 Å². The minimum Gasteiger partial charge on any atom is -0.478 e. The van der Waals surface area contributed by atoms with Gasteiger partial charge in [0.2, 0.25) is 5.95 Å². The smallest absolute Gasteiger partial charge is 0.337 e. The molecule has 1 aromatic carbocycles. The summed E-state index contributed by atoms with van der Waals surface area (Å²) in [5.74, 6) is -0.342. The van der Waals surface area contributed by atoms with Gasteiger partial charge in [-0.15, -0.1) is 5.10 Å². The Morgan fingerprint density at radius 3 is 2.71 bits per heavy atom. The SMILES string of the molecule is CC(C)[C@H](CO)Nc1nc(Nc2ccc(Cl)c(C(=O)O)c2)c2nnn(C)c2n1. The minimum absolute atomic E-state index is 0.0328. The van der Waals surface area contributed by atoms with Gasteiger partial charge in [0, 0.05) is 12.7 Å². The molecule has 0 aliphatic heterocycles.